The molecule has 0 spiro atoms. The minimum absolute atomic E-state index is 0.0957. The van der Waals surface area contributed by atoms with Gasteiger partial charge in [0.05, 0.1) is 11.4 Å². The van der Waals surface area contributed by atoms with Gasteiger partial charge in [-0.1, -0.05) is 19.1 Å². The summed E-state index contributed by atoms with van der Waals surface area (Å²) in [5, 5.41) is 9.86. The number of carbonyl (C=O) groups excluding carboxylic acids is 1. The summed E-state index contributed by atoms with van der Waals surface area (Å²) in [5.41, 5.74) is 2.06. The van der Waals surface area contributed by atoms with Gasteiger partial charge in [-0.05, 0) is 38.1 Å². The predicted octanol–water partition coefficient (Wildman–Crippen LogP) is 1.35. The number of likely N-dealkylation sites (tertiary alicyclic amines) is 1. The Labute approximate surface area is 126 Å². The molecule has 1 amide bonds. The van der Waals surface area contributed by atoms with E-state index in [1.165, 1.54) is 0 Å². The largest absolute Gasteiger partial charge is 0.381 e. The van der Waals surface area contributed by atoms with Gasteiger partial charge in [-0.25, -0.2) is 0 Å². The normalized spacial score (nSPS) is 29.0. The molecule has 3 atom stereocenters. The van der Waals surface area contributed by atoms with Gasteiger partial charge >= 0.3 is 0 Å². The van der Waals surface area contributed by atoms with Crippen LogP contribution in [0.1, 0.15) is 13.3 Å². The van der Waals surface area contributed by atoms with E-state index in [9.17, 15) is 4.79 Å². The molecule has 3 N–H and O–H groups in total. The van der Waals surface area contributed by atoms with E-state index >= 15 is 0 Å². The molecule has 1 saturated heterocycles. The summed E-state index contributed by atoms with van der Waals surface area (Å²) in [6.45, 7) is 4.94. The van der Waals surface area contributed by atoms with E-state index in [1.54, 1.807) is 0 Å². The molecular formula is C16H24N4O. The van der Waals surface area contributed by atoms with Crippen molar-refractivity contribution in [3.63, 3.8) is 0 Å². The number of hydrogen-bond donors (Lipinski definition) is 3. The summed E-state index contributed by atoms with van der Waals surface area (Å²) in [6.07, 6.45) is 1.03. The van der Waals surface area contributed by atoms with E-state index in [0.717, 1.165) is 30.9 Å². The highest BCUT2D eigenvalue weighted by Gasteiger charge is 2.29. The number of nitrogens with one attached hydrogen (secondary N) is 3. The van der Waals surface area contributed by atoms with E-state index < -0.39 is 0 Å². The second kappa shape index (κ2) is 5.93. The molecule has 0 bridgehead atoms. The second-order valence-corrected chi connectivity index (χ2v) is 6.27. The number of piperidine rings is 1. The van der Waals surface area contributed by atoms with Crippen LogP contribution >= 0.6 is 0 Å². The predicted molar refractivity (Wildman–Crippen MR) is 85.6 cm³/mol. The van der Waals surface area contributed by atoms with Crippen molar-refractivity contribution in [2.75, 3.05) is 37.3 Å². The van der Waals surface area contributed by atoms with Gasteiger partial charge < -0.3 is 20.9 Å². The van der Waals surface area contributed by atoms with Gasteiger partial charge in [0.25, 0.3) is 0 Å². The van der Waals surface area contributed by atoms with Crippen molar-refractivity contribution < 1.29 is 4.79 Å². The van der Waals surface area contributed by atoms with Crippen LogP contribution < -0.4 is 16.0 Å². The average Bonchev–Trinajstić information content (AvgIpc) is 2.49. The van der Waals surface area contributed by atoms with Crippen LogP contribution in [0.15, 0.2) is 24.3 Å². The number of para-hydroxylation sites is 2. The van der Waals surface area contributed by atoms with Crippen LogP contribution in [0.4, 0.5) is 11.4 Å². The van der Waals surface area contributed by atoms with Crippen molar-refractivity contribution >= 4 is 17.3 Å². The van der Waals surface area contributed by atoms with E-state index in [-0.39, 0.29) is 18.0 Å². The fourth-order valence-electron chi connectivity index (χ4n) is 3.22. The molecule has 1 aromatic rings. The van der Waals surface area contributed by atoms with Crippen LogP contribution in [-0.2, 0) is 4.79 Å². The van der Waals surface area contributed by atoms with Crippen molar-refractivity contribution in [2.24, 2.45) is 5.92 Å². The molecule has 0 aromatic heterocycles. The molecule has 0 radical (unpaired) electrons. The topological polar surface area (TPSA) is 56.4 Å². The van der Waals surface area contributed by atoms with Crippen LogP contribution in [0.3, 0.4) is 0 Å². The van der Waals surface area contributed by atoms with E-state index in [1.807, 2.05) is 24.3 Å². The maximum Gasteiger partial charge on any atom is 0.244 e. The van der Waals surface area contributed by atoms with Gasteiger partial charge in [0.2, 0.25) is 5.91 Å². The van der Waals surface area contributed by atoms with Gasteiger partial charge in [0.15, 0.2) is 0 Å². The summed E-state index contributed by atoms with van der Waals surface area (Å²) < 4.78 is 0. The van der Waals surface area contributed by atoms with Gasteiger partial charge in [0.1, 0.15) is 6.04 Å². The minimum atomic E-state index is -0.202. The quantitative estimate of drug-likeness (QED) is 0.769. The van der Waals surface area contributed by atoms with Gasteiger partial charge in [-0.2, -0.15) is 0 Å². The number of rotatable bonds is 2. The number of anilines is 2. The molecule has 0 saturated carbocycles. The Morgan fingerprint density at radius 1 is 1.33 bits per heavy atom. The molecular weight excluding hydrogens is 264 g/mol. The van der Waals surface area contributed by atoms with Gasteiger partial charge in [-0.3, -0.25) is 4.79 Å². The Balaban J connectivity index is 1.59. The third-order valence-electron chi connectivity index (χ3n) is 4.51. The Morgan fingerprint density at radius 2 is 2.10 bits per heavy atom. The van der Waals surface area contributed by atoms with Crippen molar-refractivity contribution in [1.29, 1.82) is 0 Å². The fourth-order valence-corrected chi connectivity index (χ4v) is 3.22. The molecule has 2 aliphatic rings. The number of hydrogen-bond acceptors (Lipinski definition) is 4. The highest BCUT2D eigenvalue weighted by molar-refractivity contribution is 5.88. The van der Waals surface area contributed by atoms with Gasteiger partial charge in [-0.15, -0.1) is 0 Å². The fraction of sp³-hybridized carbons (Fsp3) is 0.562. The van der Waals surface area contributed by atoms with Crippen molar-refractivity contribution in [3.05, 3.63) is 24.3 Å². The van der Waals surface area contributed by atoms with Crippen LogP contribution in [-0.4, -0.2) is 49.6 Å². The molecule has 114 valence electrons. The number of amides is 1. The lowest BCUT2D eigenvalue weighted by Gasteiger charge is -2.36. The monoisotopic (exact) mass is 288 g/mol. The highest BCUT2D eigenvalue weighted by Crippen LogP contribution is 2.25. The first kappa shape index (κ1) is 14.2. The number of carbonyl (C=O) groups is 1. The molecule has 1 fully saturated rings. The summed E-state index contributed by atoms with van der Waals surface area (Å²) in [4.78, 5) is 14.8. The summed E-state index contributed by atoms with van der Waals surface area (Å²) in [5.74, 6) is 0.593. The Kier molecular flexibility index (Phi) is 4.01. The molecule has 21 heavy (non-hydrogen) atoms. The van der Waals surface area contributed by atoms with Gasteiger partial charge in [0, 0.05) is 19.1 Å². The molecule has 2 heterocycles. The summed E-state index contributed by atoms with van der Waals surface area (Å²) >= 11 is 0. The summed E-state index contributed by atoms with van der Waals surface area (Å²) in [6, 6.07) is 8.08. The van der Waals surface area contributed by atoms with Crippen molar-refractivity contribution in [1.82, 2.24) is 10.2 Å². The maximum atomic E-state index is 12.5. The van der Waals surface area contributed by atoms with Crippen molar-refractivity contribution in [2.45, 2.75) is 25.4 Å². The maximum absolute atomic E-state index is 12.5. The molecule has 2 aliphatic heterocycles. The Hall–Kier alpha value is -1.75. The lowest BCUT2D eigenvalue weighted by molar-refractivity contribution is -0.123. The zero-order valence-corrected chi connectivity index (χ0v) is 12.7. The van der Waals surface area contributed by atoms with Crippen LogP contribution in [0.25, 0.3) is 0 Å². The average molecular weight is 288 g/mol. The SMILES string of the molecule is CC1CN(C)CCC1NC(=O)C1CNc2ccccc2N1. The van der Waals surface area contributed by atoms with Crippen LogP contribution in [0.5, 0.6) is 0 Å². The molecule has 3 rings (SSSR count). The lowest BCUT2D eigenvalue weighted by Crippen LogP contribution is -2.54. The smallest absolute Gasteiger partial charge is 0.244 e. The first-order chi connectivity index (χ1) is 10.1. The minimum Gasteiger partial charge on any atom is -0.381 e. The van der Waals surface area contributed by atoms with E-state index in [4.69, 9.17) is 0 Å². The first-order valence-corrected chi connectivity index (χ1v) is 7.72. The third-order valence-corrected chi connectivity index (χ3v) is 4.51. The van der Waals surface area contributed by atoms with Crippen LogP contribution in [0, 0.1) is 5.92 Å². The summed E-state index contributed by atoms with van der Waals surface area (Å²) in [7, 11) is 2.14. The first-order valence-electron chi connectivity index (χ1n) is 7.72. The Morgan fingerprint density at radius 3 is 2.86 bits per heavy atom. The molecule has 0 aliphatic carbocycles. The third kappa shape index (κ3) is 3.13. The lowest BCUT2D eigenvalue weighted by atomic mass is 9.94. The standard InChI is InChI=1S/C16H24N4O/c1-11-10-20(2)8-7-12(11)19-16(21)15-9-17-13-5-3-4-6-14(13)18-15/h3-6,11-12,15,17-18H,7-10H2,1-2H3,(H,19,21). The zero-order valence-electron chi connectivity index (χ0n) is 12.7. The van der Waals surface area contributed by atoms with Crippen molar-refractivity contribution in [3.8, 4) is 0 Å². The molecule has 1 aromatic carbocycles. The molecule has 3 unspecified atom stereocenters. The second-order valence-electron chi connectivity index (χ2n) is 6.27. The number of benzene rings is 1. The Bertz CT molecular complexity index is 519. The van der Waals surface area contributed by atoms with E-state index in [2.05, 4.69) is 34.8 Å². The number of fused-ring (bicyclic) bond motifs is 1. The highest BCUT2D eigenvalue weighted by atomic mass is 16.2. The molecule has 5 heteroatoms. The number of nitrogens with zero attached hydrogens (tertiary/aromatic N) is 1. The van der Waals surface area contributed by atoms with E-state index in [0.29, 0.717) is 12.5 Å². The van der Waals surface area contributed by atoms with Crippen LogP contribution in [0.2, 0.25) is 0 Å². The molecule has 5 nitrogen and oxygen atoms in total. The zero-order chi connectivity index (χ0) is 14.8.